The van der Waals surface area contributed by atoms with Crippen LogP contribution in [0.25, 0.3) is 16.8 Å². The molecule has 1 aliphatic heterocycles. The number of hydrogen-bond acceptors (Lipinski definition) is 6. The third-order valence-corrected chi connectivity index (χ3v) is 4.50. The molecule has 0 aromatic carbocycles. The van der Waals surface area contributed by atoms with Crippen LogP contribution in [0.2, 0.25) is 0 Å². The van der Waals surface area contributed by atoms with Gasteiger partial charge in [-0.25, -0.2) is 9.97 Å². The molecule has 6 nitrogen and oxygen atoms in total. The fourth-order valence-corrected chi connectivity index (χ4v) is 3.11. The van der Waals surface area contributed by atoms with E-state index in [1.165, 1.54) is 18.0 Å². The molecule has 0 saturated carbocycles. The lowest BCUT2D eigenvalue weighted by molar-refractivity contribution is 0.284. The molecule has 0 fully saturated rings. The Kier molecular flexibility index (Phi) is 4.04. The number of nitrogens with one attached hydrogen (secondary N) is 1. The average Bonchev–Trinajstić information content (AvgIpc) is 3.11. The summed E-state index contributed by atoms with van der Waals surface area (Å²) in [7, 11) is 0. The van der Waals surface area contributed by atoms with Crippen LogP contribution in [0.3, 0.4) is 0 Å². The zero-order chi connectivity index (χ0) is 17.2. The van der Waals surface area contributed by atoms with Crippen LogP contribution in [-0.2, 0) is 9.47 Å². The Labute approximate surface area is 148 Å². The van der Waals surface area contributed by atoms with E-state index in [1.807, 2.05) is 18.4 Å². The molecule has 0 unspecified atom stereocenters. The van der Waals surface area contributed by atoms with Gasteiger partial charge in [-0.15, -0.1) is 0 Å². The Hall–Kier alpha value is -2.98. The molecule has 124 valence electrons. The van der Waals surface area contributed by atoms with Crippen molar-refractivity contribution in [2.24, 2.45) is 0 Å². The van der Waals surface area contributed by atoms with Gasteiger partial charge in [0.25, 0.3) is 0 Å². The maximum Gasteiger partial charge on any atom is 0.189 e. The third-order valence-electron chi connectivity index (χ3n) is 3.95. The highest BCUT2D eigenvalue weighted by molar-refractivity contribution is 7.98. The maximum atomic E-state index is 9.38. The lowest BCUT2D eigenvalue weighted by Crippen LogP contribution is -2.06. The van der Waals surface area contributed by atoms with Gasteiger partial charge < -0.3 is 14.5 Å². The zero-order valence-electron chi connectivity index (χ0n) is 13.4. The number of allylic oxidation sites excluding steroid dienone is 4. The fraction of sp³-hybridized carbons (Fsp3) is 0.167. The normalized spacial score (nSPS) is 16.4. The van der Waals surface area contributed by atoms with Crippen LogP contribution in [-0.4, -0.2) is 21.2 Å². The average molecular weight is 350 g/mol. The molecule has 4 rings (SSSR count). The molecule has 3 heterocycles. The molecule has 0 atom stereocenters. The monoisotopic (exact) mass is 350 g/mol. The second kappa shape index (κ2) is 6.49. The van der Waals surface area contributed by atoms with E-state index in [0.29, 0.717) is 39.0 Å². The second-order valence-corrected chi connectivity index (χ2v) is 6.23. The van der Waals surface area contributed by atoms with Crippen LogP contribution in [0, 0.1) is 11.3 Å². The number of rotatable bonds is 3. The van der Waals surface area contributed by atoms with Gasteiger partial charge in [0.15, 0.2) is 16.7 Å². The number of nitrogens with zero attached hydrogens (tertiary/aromatic N) is 3. The summed E-state index contributed by atoms with van der Waals surface area (Å²) >= 11 is 1.42. The summed E-state index contributed by atoms with van der Waals surface area (Å²) in [6.07, 6.45) is 14.6. The third kappa shape index (κ3) is 2.81. The standard InChI is InChI=1S/C18H14N4O2S/c1-25-18-21-16(15-12(7-19)8-20-17(15)22-18)14-10-23-9-13(24-14)11-5-3-2-4-6-11/h2-3,5,8-10H,4,6H2,1H3,(H,20,21,22). The Morgan fingerprint density at radius 2 is 2.16 bits per heavy atom. The molecule has 0 bridgehead atoms. The van der Waals surface area contributed by atoms with Gasteiger partial charge in [0, 0.05) is 6.20 Å². The Morgan fingerprint density at radius 1 is 1.28 bits per heavy atom. The first-order valence-corrected chi connectivity index (χ1v) is 8.96. The molecule has 0 spiro atoms. The highest BCUT2D eigenvalue weighted by atomic mass is 32.2. The van der Waals surface area contributed by atoms with E-state index in [0.717, 1.165) is 18.4 Å². The highest BCUT2D eigenvalue weighted by Gasteiger charge is 2.22. The number of aromatic nitrogens is 3. The Bertz CT molecular complexity index is 1010. The molecule has 2 aromatic rings. The Morgan fingerprint density at radius 3 is 2.92 bits per heavy atom. The number of nitriles is 1. The first-order chi connectivity index (χ1) is 12.3. The lowest BCUT2D eigenvalue weighted by Gasteiger charge is -2.19. The van der Waals surface area contributed by atoms with E-state index in [2.05, 4.69) is 27.1 Å². The summed E-state index contributed by atoms with van der Waals surface area (Å²) in [4.78, 5) is 12.0. The van der Waals surface area contributed by atoms with Gasteiger partial charge in [-0.05, 0) is 24.7 Å². The zero-order valence-corrected chi connectivity index (χ0v) is 14.3. The predicted molar refractivity (Wildman–Crippen MR) is 95.1 cm³/mol. The fourth-order valence-electron chi connectivity index (χ4n) is 2.75. The Balaban J connectivity index is 1.78. The summed E-state index contributed by atoms with van der Waals surface area (Å²) in [5, 5.41) is 10.6. The minimum atomic E-state index is 0.465. The number of fused-ring (bicyclic) bond motifs is 1. The largest absolute Gasteiger partial charge is 0.465 e. The van der Waals surface area contributed by atoms with E-state index in [4.69, 9.17) is 9.47 Å². The quantitative estimate of drug-likeness (QED) is 0.665. The SMILES string of the molecule is CSc1nc(C2=COC=C(C3=CC=CCC3)O2)c2c(C#N)c[nH]c2n1. The highest BCUT2D eigenvalue weighted by Crippen LogP contribution is 2.34. The number of ether oxygens (including phenoxy) is 2. The molecule has 1 aliphatic carbocycles. The summed E-state index contributed by atoms with van der Waals surface area (Å²) in [6, 6.07) is 2.16. The molecule has 25 heavy (non-hydrogen) atoms. The number of H-pyrrole nitrogens is 1. The van der Waals surface area contributed by atoms with Crippen molar-refractivity contribution >= 4 is 28.6 Å². The number of aromatic amines is 1. The summed E-state index contributed by atoms with van der Waals surface area (Å²) in [6.45, 7) is 0. The first kappa shape index (κ1) is 15.5. The van der Waals surface area contributed by atoms with Crippen molar-refractivity contribution in [2.45, 2.75) is 18.0 Å². The molecule has 2 aliphatic rings. The van der Waals surface area contributed by atoms with E-state index in [1.54, 1.807) is 12.5 Å². The molecule has 7 heteroatoms. The van der Waals surface area contributed by atoms with Gasteiger partial charge in [0.05, 0.1) is 10.9 Å². The number of thioether (sulfide) groups is 1. The molecular weight excluding hydrogens is 336 g/mol. The van der Waals surface area contributed by atoms with Gasteiger partial charge in [0.2, 0.25) is 0 Å². The minimum absolute atomic E-state index is 0.465. The smallest absolute Gasteiger partial charge is 0.189 e. The molecule has 0 radical (unpaired) electrons. The van der Waals surface area contributed by atoms with Gasteiger partial charge in [0.1, 0.15) is 29.9 Å². The van der Waals surface area contributed by atoms with Crippen LogP contribution < -0.4 is 0 Å². The van der Waals surface area contributed by atoms with E-state index in [-0.39, 0.29) is 0 Å². The van der Waals surface area contributed by atoms with Gasteiger partial charge in [-0.2, -0.15) is 5.26 Å². The van der Waals surface area contributed by atoms with E-state index in [9.17, 15) is 5.26 Å². The van der Waals surface area contributed by atoms with Crippen molar-refractivity contribution < 1.29 is 9.47 Å². The first-order valence-electron chi connectivity index (χ1n) is 7.73. The van der Waals surface area contributed by atoms with Crippen molar-refractivity contribution in [3.63, 3.8) is 0 Å². The molecule has 1 N–H and O–H groups in total. The second-order valence-electron chi connectivity index (χ2n) is 5.46. The van der Waals surface area contributed by atoms with Crippen LogP contribution in [0.5, 0.6) is 0 Å². The van der Waals surface area contributed by atoms with Crippen LogP contribution in [0.15, 0.2) is 53.4 Å². The molecule has 0 amide bonds. The van der Waals surface area contributed by atoms with Crippen molar-refractivity contribution in [3.8, 4) is 6.07 Å². The van der Waals surface area contributed by atoms with Gasteiger partial charge in [-0.3, -0.25) is 0 Å². The van der Waals surface area contributed by atoms with Crippen LogP contribution in [0.1, 0.15) is 24.1 Å². The number of hydrogen-bond donors (Lipinski definition) is 1. The van der Waals surface area contributed by atoms with Crippen LogP contribution in [0.4, 0.5) is 0 Å². The van der Waals surface area contributed by atoms with E-state index >= 15 is 0 Å². The molecular formula is C18H14N4O2S. The predicted octanol–water partition coefficient (Wildman–Crippen LogP) is 4.01. The van der Waals surface area contributed by atoms with Crippen molar-refractivity contribution in [1.82, 2.24) is 15.0 Å². The van der Waals surface area contributed by atoms with Crippen molar-refractivity contribution in [2.75, 3.05) is 6.26 Å². The lowest BCUT2D eigenvalue weighted by atomic mass is 10.0. The maximum absolute atomic E-state index is 9.38. The van der Waals surface area contributed by atoms with Crippen molar-refractivity contribution in [3.05, 3.63) is 59.5 Å². The van der Waals surface area contributed by atoms with Crippen molar-refractivity contribution in [1.29, 1.82) is 5.26 Å². The topological polar surface area (TPSA) is 83.8 Å². The van der Waals surface area contributed by atoms with Gasteiger partial charge in [-0.1, -0.05) is 30.0 Å². The van der Waals surface area contributed by atoms with Crippen LogP contribution >= 0.6 is 11.8 Å². The van der Waals surface area contributed by atoms with E-state index < -0.39 is 0 Å². The summed E-state index contributed by atoms with van der Waals surface area (Å²) in [5.74, 6) is 1.13. The summed E-state index contributed by atoms with van der Waals surface area (Å²) in [5.41, 5.74) is 2.69. The molecule has 2 aromatic heterocycles. The van der Waals surface area contributed by atoms with Gasteiger partial charge >= 0.3 is 0 Å². The molecule has 0 saturated heterocycles. The minimum Gasteiger partial charge on any atom is -0.465 e. The summed E-state index contributed by atoms with van der Waals surface area (Å²) < 4.78 is 11.6.